The topological polar surface area (TPSA) is 61.8 Å². The van der Waals surface area contributed by atoms with E-state index in [1.165, 1.54) is 11.8 Å². The monoisotopic (exact) mass is 395 g/mol. The molecule has 1 aliphatic heterocycles. The van der Waals surface area contributed by atoms with Crippen molar-refractivity contribution in [3.63, 3.8) is 0 Å². The van der Waals surface area contributed by atoms with Crippen molar-refractivity contribution in [2.45, 2.75) is 38.9 Å². The smallest absolute Gasteiger partial charge is 0.254 e. The number of aliphatic imine (C=N–C) groups is 1. The van der Waals surface area contributed by atoms with Gasteiger partial charge < -0.3 is 5.32 Å². The summed E-state index contributed by atoms with van der Waals surface area (Å²) in [6.45, 7) is 8.14. The number of rotatable bonds is 5. The molecule has 0 bridgehead atoms. The molecule has 1 aliphatic rings. The number of amidine groups is 1. The van der Waals surface area contributed by atoms with Crippen molar-refractivity contribution in [2.24, 2.45) is 4.99 Å². The molecule has 0 radical (unpaired) electrons. The van der Waals surface area contributed by atoms with Gasteiger partial charge in [0.05, 0.1) is 10.9 Å². The molecule has 0 saturated heterocycles. The van der Waals surface area contributed by atoms with E-state index in [4.69, 9.17) is 0 Å². The molecule has 0 spiro atoms. The van der Waals surface area contributed by atoms with Crippen LogP contribution >= 0.6 is 11.8 Å². The van der Waals surface area contributed by atoms with Gasteiger partial charge in [0.1, 0.15) is 6.54 Å². The first-order valence-electron chi connectivity index (χ1n) is 9.37. The maximum Gasteiger partial charge on any atom is 0.254 e. The third kappa shape index (κ3) is 4.44. The van der Waals surface area contributed by atoms with E-state index in [0.29, 0.717) is 11.1 Å². The lowest BCUT2D eigenvalue weighted by atomic mass is 10.0. The highest BCUT2D eigenvalue weighted by Gasteiger charge is 2.30. The molecule has 28 heavy (non-hydrogen) atoms. The van der Waals surface area contributed by atoms with Crippen LogP contribution in [-0.4, -0.2) is 28.8 Å². The van der Waals surface area contributed by atoms with Crippen molar-refractivity contribution in [1.29, 1.82) is 0 Å². The molecule has 0 saturated carbocycles. The first kappa shape index (κ1) is 20.1. The number of para-hydroxylation sites is 1. The minimum Gasteiger partial charge on any atom is -0.325 e. The highest BCUT2D eigenvalue weighted by Crippen LogP contribution is 2.28. The van der Waals surface area contributed by atoms with Crippen molar-refractivity contribution < 1.29 is 9.59 Å². The van der Waals surface area contributed by atoms with Gasteiger partial charge in [-0.25, -0.2) is 0 Å². The van der Waals surface area contributed by atoms with Crippen molar-refractivity contribution >= 4 is 40.1 Å². The van der Waals surface area contributed by atoms with Gasteiger partial charge in [0, 0.05) is 5.69 Å². The number of anilines is 2. The molecule has 2 aromatic carbocycles. The molecular weight excluding hydrogens is 370 g/mol. The number of thioether (sulfide) groups is 1. The Morgan fingerprint density at radius 2 is 1.79 bits per heavy atom. The fourth-order valence-electron chi connectivity index (χ4n) is 2.98. The molecule has 2 amide bonds. The van der Waals surface area contributed by atoms with E-state index >= 15 is 0 Å². The fourth-order valence-corrected chi connectivity index (χ4v) is 3.92. The molecule has 0 fully saturated rings. The van der Waals surface area contributed by atoms with Crippen LogP contribution < -0.4 is 10.2 Å². The first-order chi connectivity index (χ1) is 13.4. The number of nitrogens with one attached hydrogen (secondary N) is 1. The number of carbonyl (C=O) groups is 2. The Hall–Kier alpha value is -2.60. The Morgan fingerprint density at radius 3 is 2.46 bits per heavy atom. The highest BCUT2D eigenvalue weighted by atomic mass is 32.2. The second kappa shape index (κ2) is 8.61. The van der Waals surface area contributed by atoms with Crippen molar-refractivity contribution in [3.05, 3.63) is 59.7 Å². The molecule has 0 aromatic heterocycles. The van der Waals surface area contributed by atoms with E-state index in [0.717, 1.165) is 22.5 Å². The van der Waals surface area contributed by atoms with Crippen molar-refractivity contribution in [1.82, 2.24) is 0 Å². The Morgan fingerprint density at radius 1 is 1.11 bits per heavy atom. The summed E-state index contributed by atoms with van der Waals surface area (Å²) < 4.78 is 0. The van der Waals surface area contributed by atoms with E-state index in [9.17, 15) is 9.59 Å². The zero-order valence-electron chi connectivity index (χ0n) is 16.6. The van der Waals surface area contributed by atoms with Gasteiger partial charge in [-0.3, -0.25) is 19.5 Å². The highest BCUT2D eigenvalue weighted by molar-refractivity contribution is 8.15. The van der Waals surface area contributed by atoms with Gasteiger partial charge in [-0.15, -0.1) is 0 Å². The van der Waals surface area contributed by atoms with E-state index in [1.807, 2.05) is 62.4 Å². The van der Waals surface area contributed by atoms with E-state index < -0.39 is 5.25 Å². The second-order valence-electron chi connectivity index (χ2n) is 7.15. The molecule has 0 aliphatic carbocycles. The van der Waals surface area contributed by atoms with Crippen LogP contribution in [0.4, 0.5) is 11.4 Å². The number of nitrogens with zero attached hydrogens (tertiary/aromatic N) is 2. The normalized spacial score (nSPS) is 15.0. The standard InChI is InChI=1S/C22H25N3O2S/c1-14(2)18-7-5-6-8-19(18)24-21(27)16(4)28-22-23-13-20(26)25(22)17-11-9-15(3)10-12-17/h5-12,14,16H,13H2,1-4H3,(H,24,27)/t16-/m0/s1. The summed E-state index contributed by atoms with van der Waals surface area (Å²) in [6.07, 6.45) is 0. The number of benzene rings is 2. The largest absolute Gasteiger partial charge is 0.325 e. The Balaban J connectivity index is 1.71. The minimum atomic E-state index is -0.391. The summed E-state index contributed by atoms with van der Waals surface area (Å²) in [5, 5.41) is 3.19. The number of aryl methyl sites for hydroxylation is 1. The fraction of sp³-hybridized carbons (Fsp3) is 0.318. The van der Waals surface area contributed by atoms with Crippen LogP contribution in [0.1, 0.15) is 37.8 Å². The Bertz CT molecular complexity index is 906. The molecule has 146 valence electrons. The summed E-state index contributed by atoms with van der Waals surface area (Å²) in [4.78, 5) is 31.0. The van der Waals surface area contributed by atoms with Gasteiger partial charge in [0.15, 0.2) is 5.17 Å². The number of hydrogen-bond acceptors (Lipinski definition) is 4. The molecule has 5 nitrogen and oxygen atoms in total. The Labute approximate surface area is 170 Å². The second-order valence-corrected chi connectivity index (χ2v) is 8.46. The molecule has 0 unspecified atom stereocenters. The number of carbonyl (C=O) groups excluding carboxylic acids is 2. The lowest BCUT2D eigenvalue weighted by Crippen LogP contribution is -2.33. The number of amides is 2. The van der Waals surface area contributed by atoms with Gasteiger partial charge in [-0.2, -0.15) is 0 Å². The third-order valence-electron chi connectivity index (χ3n) is 4.57. The predicted octanol–water partition coefficient (Wildman–Crippen LogP) is 4.58. The summed E-state index contributed by atoms with van der Waals surface area (Å²) in [6, 6.07) is 15.6. The van der Waals surface area contributed by atoms with Gasteiger partial charge >= 0.3 is 0 Å². The maximum atomic E-state index is 12.8. The lowest BCUT2D eigenvalue weighted by molar-refractivity contribution is -0.116. The number of hydrogen-bond donors (Lipinski definition) is 1. The van der Waals surface area contributed by atoms with Crippen LogP contribution in [0.3, 0.4) is 0 Å². The van der Waals surface area contributed by atoms with Crippen LogP contribution in [0, 0.1) is 6.92 Å². The summed E-state index contributed by atoms with van der Waals surface area (Å²) in [5.74, 6) is 0.126. The molecule has 6 heteroatoms. The van der Waals surface area contributed by atoms with E-state index in [1.54, 1.807) is 4.90 Å². The summed E-state index contributed by atoms with van der Waals surface area (Å²) >= 11 is 1.30. The van der Waals surface area contributed by atoms with Crippen LogP contribution in [0.5, 0.6) is 0 Å². The van der Waals surface area contributed by atoms with Crippen LogP contribution in [-0.2, 0) is 9.59 Å². The lowest BCUT2D eigenvalue weighted by Gasteiger charge is -2.21. The van der Waals surface area contributed by atoms with Gasteiger partial charge in [-0.05, 0) is 43.5 Å². The summed E-state index contributed by atoms with van der Waals surface area (Å²) in [5.41, 5.74) is 3.83. The van der Waals surface area contributed by atoms with Crippen LogP contribution in [0.15, 0.2) is 53.5 Å². The minimum absolute atomic E-state index is 0.0795. The molecule has 1 heterocycles. The average molecular weight is 396 g/mol. The zero-order chi connectivity index (χ0) is 20.3. The van der Waals surface area contributed by atoms with Crippen molar-refractivity contribution in [3.8, 4) is 0 Å². The van der Waals surface area contributed by atoms with Crippen LogP contribution in [0.2, 0.25) is 0 Å². The zero-order valence-corrected chi connectivity index (χ0v) is 17.4. The Kier molecular flexibility index (Phi) is 6.19. The SMILES string of the molecule is Cc1ccc(N2C(=O)CN=C2S[C@@H](C)C(=O)Nc2ccccc2C(C)C)cc1. The molecule has 3 rings (SSSR count). The molecular formula is C22H25N3O2S. The van der Waals surface area contributed by atoms with Gasteiger partial charge in [0.25, 0.3) is 5.91 Å². The van der Waals surface area contributed by atoms with E-state index in [-0.39, 0.29) is 18.4 Å². The quantitative estimate of drug-likeness (QED) is 0.806. The average Bonchev–Trinajstić information content (AvgIpc) is 3.03. The van der Waals surface area contributed by atoms with Gasteiger partial charge in [-0.1, -0.05) is 61.5 Å². The first-order valence-corrected chi connectivity index (χ1v) is 10.3. The molecule has 1 atom stereocenters. The maximum absolute atomic E-state index is 12.8. The van der Waals surface area contributed by atoms with Crippen molar-refractivity contribution in [2.75, 3.05) is 16.8 Å². The predicted molar refractivity (Wildman–Crippen MR) is 117 cm³/mol. The third-order valence-corrected chi connectivity index (χ3v) is 5.66. The van der Waals surface area contributed by atoms with Gasteiger partial charge in [0.2, 0.25) is 5.91 Å². The molecule has 1 N–H and O–H groups in total. The van der Waals surface area contributed by atoms with Crippen LogP contribution in [0.25, 0.3) is 0 Å². The van der Waals surface area contributed by atoms with E-state index in [2.05, 4.69) is 24.2 Å². The summed E-state index contributed by atoms with van der Waals surface area (Å²) in [7, 11) is 0. The molecule has 2 aromatic rings.